The summed E-state index contributed by atoms with van der Waals surface area (Å²) in [5, 5.41) is 3.62. The van der Waals surface area contributed by atoms with E-state index in [0.29, 0.717) is 36.6 Å². The van der Waals surface area contributed by atoms with Gasteiger partial charge >= 0.3 is 5.63 Å². The third-order valence-corrected chi connectivity index (χ3v) is 3.21. The molecule has 0 aliphatic carbocycles. The Morgan fingerprint density at radius 2 is 2.24 bits per heavy atom. The number of rotatable bonds is 6. The van der Waals surface area contributed by atoms with Crippen molar-refractivity contribution < 1.29 is 13.9 Å². The maximum atomic E-state index is 12.0. The van der Waals surface area contributed by atoms with Gasteiger partial charge in [0, 0.05) is 25.1 Å². The van der Waals surface area contributed by atoms with E-state index in [1.807, 2.05) is 6.92 Å². The maximum Gasteiger partial charge on any atom is 0.349 e. The summed E-state index contributed by atoms with van der Waals surface area (Å²) in [6.07, 6.45) is 0.685. The summed E-state index contributed by atoms with van der Waals surface area (Å²) in [7, 11) is 0. The molecule has 1 heterocycles. The molecular weight excluding hydrogens is 294 g/mol. The first kappa shape index (κ1) is 15.5. The summed E-state index contributed by atoms with van der Waals surface area (Å²) in [5.74, 6) is -0.456. The Morgan fingerprint density at radius 3 is 3.00 bits per heavy atom. The summed E-state index contributed by atoms with van der Waals surface area (Å²) in [6.45, 7) is 3.55. The third kappa shape index (κ3) is 3.83. The number of fused-ring (bicyclic) bond motifs is 1. The number of carbonyl (C=O) groups is 1. The van der Waals surface area contributed by atoms with Crippen LogP contribution in [-0.2, 0) is 4.74 Å². The molecule has 21 heavy (non-hydrogen) atoms. The molecule has 0 fully saturated rings. The first-order valence-electron chi connectivity index (χ1n) is 6.71. The maximum absolute atomic E-state index is 12.0. The van der Waals surface area contributed by atoms with Crippen molar-refractivity contribution in [1.29, 1.82) is 0 Å². The fourth-order valence-corrected chi connectivity index (χ4v) is 2.10. The van der Waals surface area contributed by atoms with Gasteiger partial charge in [0.1, 0.15) is 5.56 Å². The molecule has 0 saturated carbocycles. The van der Waals surface area contributed by atoms with Gasteiger partial charge in [-0.25, -0.2) is 4.79 Å². The van der Waals surface area contributed by atoms with Gasteiger partial charge in [0.05, 0.1) is 5.02 Å². The highest BCUT2D eigenvalue weighted by atomic mass is 35.5. The minimum Gasteiger partial charge on any atom is -0.421 e. The number of hydrogen-bond acceptors (Lipinski definition) is 4. The lowest BCUT2D eigenvalue weighted by molar-refractivity contribution is 0.0941. The molecule has 2 rings (SSSR count). The van der Waals surface area contributed by atoms with E-state index in [9.17, 15) is 9.59 Å². The van der Waals surface area contributed by atoms with Gasteiger partial charge in [-0.2, -0.15) is 0 Å². The van der Waals surface area contributed by atoms with Crippen molar-refractivity contribution in [3.8, 4) is 0 Å². The van der Waals surface area contributed by atoms with E-state index >= 15 is 0 Å². The Labute approximate surface area is 126 Å². The lowest BCUT2D eigenvalue weighted by Crippen LogP contribution is -2.29. The molecule has 2 aromatic rings. The molecule has 112 valence electrons. The van der Waals surface area contributed by atoms with Crippen molar-refractivity contribution in [2.24, 2.45) is 0 Å². The van der Waals surface area contributed by atoms with E-state index in [4.69, 9.17) is 20.8 Å². The zero-order chi connectivity index (χ0) is 15.2. The van der Waals surface area contributed by atoms with Crippen LogP contribution in [-0.4, -0.2) is 25.7 Å². The molecule has 0 aliphatic heterocycles. The van der Waals surface area contributed by atoms with Crippen LogP contribution in [0.15, 0.2) is 33.5 Å². The number of hydrogen-bond donors (Lipinski definition) is 1. The molecule has 6 heteroatoms. The Bertz CT molecular complexity index is 696. The molecule has 0 atom stereocenters. The van der Waals surface area contributed by atoms with Crippen LogP contribution in [0.5, 0.6) is 0 Å². The topological polar surface area (TPSA) is 68.5 Å². The number of halogens is 1. The average molecular weight is 310 g/mol. The van der Waals surface area contributed by atoms with Gasteiger partial charge in [-0.15, -0.1) is 0 Å². The summed E-state index contributed by atoms with van der Waals surface area (Å²) in [5.41, 5.74) is -0.434. The van der Waals surface area contributed by atoms with Gasteiger partial charge in [-0.3, -0.25) is 4.79 Å². The van der Waals surface area contributed by atoms with E-state index in [1.165, 1.54) is 6.07 Å². The number of para-hydroxylation sites is 1. The minimum absolute atomic E-state index is 0.0267. The van der Waals surface area contributed by atoms with Gasteiger partial charge in [0.25, 0.3) is 5.91 Å². The standard InChI is InChI=1S/C15H16ClNO4/c1-2-20-8-4-7-17-14(18)11-9-10-5-3-6-12(16)13(10)21-15(11)19/h3,5-6,9H,2,4,7-8H2,1H3,(H,17,18). The van der Waals surface area contributed by atoms with E-state index < -0.39 is 11.5 Å². The molecule has 0 unspecified atom stereocenters. The Morgan fingerprint density at radius 1 is 1.43 bits per heavy atom. The van der Waals surface area contributed by atoms with Crippen molar-refractivity contribution >= 4 is 28.5 Å². The highest BCUT2D eigenvalue weighted by molar-refractivity contribution is 6.34. The second-order valence-electron chi connectivity index (χ2n) is 4.41. The lowest BCUT2D eigenvalue weighted by atomic mass is 10.2. The summed E-state index contributed by atoms with van der Waals surface area (Å²) in [4.78, 5) is 23.8. The zero-order valence-corrected chi connectivity index (χ0v) is 12.4. The molecule has 0 spiro atoms. The molecule has 5 nitrogen and oxygen atoms in total. The van der Waals surface area contributed by atoms with Crippen molar-refractivity contribution in [2.45, 2.75) is 13.3 Å². The first-order chi connectivity index (χ1) is 10.1. The van der Waals surface area contributed by atoms with Crippen LogP contribution in [0.1, 0.15) is 23.7 Å². The molecule has 0 radical (unpaired) electrons. The summed E-state index contributed by atoms with van der Waals surface area (Å²) >= 11 is 5.95. The normalized spacial score (nSPS) is 10.8. The van der Waals surface area contributed by atoms with Crippen LogP contribution in [0, 0.1) is 0 Å². The number of benzene rings is 1. The monoisotopic (exact) mass is 309 g/mol. The fourth-order valence-electron chi connectivity index (χ4n) is 1.88. The Balaban J connectivity index is 2.12. The largest absolute Gasteiger partial charge is 0.421 e. The first-order valence-corrected chi connectivity index (χ1v) is 7.09. The minimum atomic E-state index is -0.696. The van der Waals surface area contributed by atoms with E-state index in [2.05, 4.69) is 5.32 Å². The second kappa shape index (κ2) is 7.24. The Hall–Kier alpha value is -1.85. The second-order valence-corrected chi connectivity index (χ2v) is 4.82. The van der Waals surface area contributed by atoms with Crippen molar-refractivity contribution in [1.82, 2.24) is 5.32 Å². The zero-order valence-electron chi connectivity index (χ0n) is 11.6. The predicted octanol–water partition coefficient (Wildman–Crippen LogP) is 2.60. The van der Waals surface area contributed by atoms with E-state index in [1.54, 1.807) is 18.2 Å². The summed E-state index contributed by atoms with van der Waals surface area (Å²) < 4.78 is 10.3. The number of nitrogens with one attached hydrogen (secondary N) is 1. The van der Waals surface area contributed by atoms with E-state index in [0.717, 1.165) is 0 Å². The van der Waals surface area contributed by atoms with Gasteiger partial charge in [0.2, 0.25) is 0 Å². The van der Waals surface area contributed by atoms with Gasteiger partial charge in [0.15, 0.2) is 5.58 Å². The highest BCUT2D eigenvalue weighted by Gasteiger charge is 2.14. The van der Waals surface area contributed by atoms with Gasteiger partial charge < -0.3 is 14.5 Å². The van der Waals surface area contributed by atoms with Crippen LogP contribution >= 0.6 is 11.6 Å². The Kier molecular flexibility index (Phi) is 5.36. The molecule has 0 aliphatic rings. The fraction of sp³-hybridized carbons (Fsp3) is 0.333. The van der Waals surface area contributed by atoms with Crippen LogP contribution in [0.4, 0.5) is 0 Å². The highest BCUT2D eigenvalue weighted by Crippen LogP contribution is 2.22. The van der Waals surface area contributed by atoms with Crippen molar-refractivity contribution in [3.63, 3.8) is 0 Å². The molecule has 1 N–H and O–H groups in total. The predicted molar refractivity (Wildman–Crippen MR) is 80.9 cm³/mol. The average Bonchev–Trinajstić information content (AvgIpc) is 2.47. The third-order valence-electron chi connectivity index (χ3n) is 2.91. The molecule has 0 bridgehead atoms. The van der Waals surface area contributed by atoms with Crippen molar-refractivity contribution in [2.75, 3.05) is 19.8 Å². The molecule has 1 aromatic heterocycles. The smallest absolute Gasteiger partial charge is 0.349 e. The van der Waals surface area contributed by atoms with Crippen LogP contribution in [0.25, 0.3) is 11.0 Å². The van der Waals surface area contributed by atoms with Crippen LogP contribution < -0.4 is 10.9 Å². The molecule has 1 aromatic carbocycles. The van der Waals surface area contributed by atoms with Crippen LogP contribution in [0.3, 0.4) is 0 Å². The summed E-state index contributed by atoms with van der Waals surface area (Å²) in [6, 6.07) is 6.58. The van der Waals surface area contributed by atoms with Gasteiger partial charge in [-0.05, 0) is 25.5 Å². The molecule has 1 amide bonds. The molecular formula is C15H16ClNO4. The lowest BCUT2D eigenvalue weighted by Gasteiger charge is -2.05. The SMILES string of the molecule is CCOCCCNC(=O)c1cc2cccc(Cl)c2oc1=O. The van der Waals surface area contributed by atoms with Gasteiger partial charge in [-0.1, -0.05) is 23.7 Å². The number of amides is 1. The quantitative estimate of drug-likeness (QED) is 0.658. The van der Waals surface area contributed by atoms with Crippen molar-refractivity contribution in [3.05, 3.63) is 45.3 Å². The van der Waals surface area contributed by atoms with E-state index in [-0.39, 0.29) is 11.1 Å². The van der Waals surface area contributed by atoms with Crippen LogP contribution in [0.2, 0.25) is 5.02 Å². The number of ether oxygens (including phenoxy) is 1. The molecule has 0 saturated heterocycles. The number of carbonyl (C=O) groups excluding carboxylic acids is 1.